The average Bonchev–Trinajstić information content (AvgIpc) is 3.62. The number of fused-ring (bicyclic) bond motifs is 1. The minimum atomic E-state index is -0.181. The molecule has 0 saturated carbocycles. The Kier molecular flexibility index (Phi) is 8.69. The molecular formula is C31H37N3O6. The Bertz CT molecular complexity index is 1310. The zero-order chi connectivity index (χ0) is 28.1. The number of benzene rings is 2. The van der Waals surface area contributed by atoms with E-state index in [1.165, 1.54) is 17.4 Å². The normalized spacial score (nSPS) is 15.2. The van der Waals surface area contributed by atoms with Crippen LogP contribution in [-0.2, 0) is 29.2 Å². The van der Waals surface area contributed by atoms with Crippen LogP contribution in [0, 0.1) is 5.92 Å². The van der Waals surface area contributed by atoms with Crippen LogP contribution in [0.5, 0.6) is 11.5 Å². The fraction of sp³-hybridized carbons (Fsp3) is 0.452. The van der Waals surface area contributed by atoms with Gasteiger partial charge in [-0.2, -0.15) is 0 Å². The Labute approximate surface area is 235 Å². The van der Waals surface area contributed by atoms with Gasteiger partial charge in [0.1, 0.15) is 6.26 Å². The lowest BCUT2D eigenvalue weighted by molar-refractivity contribution is -0.149. The Balaban J connectivity index is 1.26. The maximum Gasteiger partial charge on any atom is 0.309 e. The molecule has 1 saturated heterocycles. The molecule has 0 atom stereocenters. The van der Waals surface area contributed by atoms with Crippen LogP contribution in [0.3, 0.4) is 0 Å². The van der Waals surface area contributed by atoms with Crippen LogP contribution in [0.4, 0.5) is 0 Å². The molecule has 1 fully saturated rings. The first-order valence-electron chi connectivity index (χ1n) is 14.0. The number of likely N-dealkylation sites (tertiary alicyclic amines) is 1. The van der Waals surface area contributed by atoms with Gasteiger partial charge in [-0.15, -0.1) is 0 Å². The second-order valence-corrected chi connectivity index (χ2v) is 10.7. The number of hydrogen-bond donors (Lipinski definition) is 0. The molecule has 3 heterocycles. The Morgan fingerprint density at radius 2 is 1.70 bits per heavy atom. The average molecular weight is 548 g/mol. The van der Waals surface area contributed by atoms with Crippen molar-refractivity contribution < 1.29 is 28.2 Å². The second-order valence-electron chi connectivity index (χ2n) is 10.7. The highest BCUT2D eigenvalue weighted by atomic mass is 16.7. The number of nitrogens with zero attached hydrogens (tertiary/aromatic N) is 3. The van der Waals surface area contributed by atoms with Gasteiger partial charge in [-0.1, -0.05) is 44.2 Å². The van der Waals surface area contributed by atoms with Gasteiger partial charge in [0, 0.05) is 26.2 Å². The highest BCUT2D eigenvalue weighted by Crippen LogP contribution is 2.33. The summed E-state index contributed by atoms with van der Waals surface area (Å²) in [6.07, 6.45) is 2.62. The van der Waals surface area contributed by atoms with Crippen molar-refractivity contribution in [3.8, 4) is 11.5 Å². The van der Waals surface area contributed by atoms with Crippen molar-refractivity contribution in [2.75, 3.05) is 26.5 Å². The van der Waals surface area contributed by atoms with Gasteiger partial charge in [0.05, 0.1) is 19.1 Å². The van der Waals surface area contributed by atoms with Crippen LogP contribution in [0.1, 0.15) is 72.6 Å². The van der Waals surface area contributed by atoms with Gasteiger partial charge in [-0.25, -0.2) is 4.98 Å². The predicted octanol–water partition coefficient (Wildman–Crippen LogP) is 5.14. The number of esters is 1. The zero-order valence-electron chi connectivity index (χ0n) is 23.4. The van der Waals surface area contributed by atoms with E-state index in [9.17, 15) is 9.59 Å². The minimum Gasteiger partial charge on any atom is -0.466 e. The number of rotatable bonds is 10. The summed E-state index contributed by atoms with van der Waals surface area (Å²) >= 11 is 0. The third kappa shape index (κ3) is 6.65. The van der Waals surface area contributed by atoms with Crippen LogP contribution < -0.4 is 9.47 Å². The molecule has 0 spiro atoms. The number of aromatic nitrogens is 1. The van der Waals surface area contributed by atoms with Gasteiger partial charge in [0.2, 0.25) is 12.7 Å². The van der Waals surface area contributed by atoms with Gasteiger partial charge in [-0.05, 0) is 54.5 Å². The maximum atomic E-state index is 13.1. The summed E-state index contributed by atoms with van der Waals surface area (Å²) in [6, 6.07) is 14.6. The van der Waals surface area contributed by atoms with E-state index >= 15 is 0 Å². The second kappa shape index (κ2) is 12.6. The number of carbonyl (C=O) groups excluding carboxylic acids is 2. The molecule has 2 aliphatic heterocycles. The Hall–Kier alpha value is -3.85. The summed E-state index contributed by atoms with van der Waals surface area (Å²) in [5, 5.41) is 0. The molecule has 0 unspecified atom stereocenters. The van der Waals surface area contributed by atoms with Gasteiger partial charge in [-0.3, -0.25) is 14.5 Å². The van der Waals surface area contributed by atoms with Crippen molar-refractivity contribution in [1.29, 1.82) is 0 Å². The lowest BCUT2D eigenvalue weighted by Crippen LogP contribution is -2.40. The van der Waals surface area contributed by atoms with E-state index in [-0.39, 0.29) is 30.3 Å². The smallest absolute Gasteiger partial charge is 0.309 e. The van der Waals surface area contributed by atoms with E-state index in [0.717, 1.165) is 17.1 Å². The van der Waals surface area contributed by atoms with Crippen molar-refractivity contribution >= 4 is 11.9 Å². The molecule has 40 heavy (non-hydrogen) atoms. The molecule has 212 valence electrons. The molecule has 0 N–H and O–H groups in total. The van der Waals surface area contributed by atoms with Gasteiger partial charge < -0.3 is 23.5 Å². The molecule has 9 heteroatoms. The summed E-state index contributed by atoms with van der Waals surface area (Å²) in [7, 11) is 0. The van der Waals surface area contributed by atoms with E-state index in [0.29, 0.717) is 64.0 Å². The first kappa shape index (κ1) is 27.7. The van der Waals surface area contributed by atoms with Crippen LogP contribution in [0.25, 0.3) is 0 Å². The van der Waals surface area contributed by atoms with Crippen LogP contribution in [-0.4, -0.2) is 53.1 Å². The van der Waals surface area contributed by atoms with E-state index in [1.54, 1.807) is 11.8 Å². The largest absolute Gasteiger partial charge is 0.466 e. The molecule has 3 aromatic rings. The van der Waals surface area contributed by atoms with E-state index in [4.69, 9.17) is 18.6 Å². The molecular weight excluding hydrogens is 510 g/mol. The first-order valence-corrected chi connectivity index (χ1v) is 14.0. The molecule has 0 radical (unpaired) electrons. The molecule has 0 aliphatic carbocycles. The number of ether oxygens (including phenoxy) is 3. The van der Waals surface area contributed by atoms with Crippen molar-refractivity contribution in [3.05, 3.63) is 77.0 Å². The molecule has 9 nitrogen and oxygen atoms in total. The summed E-state index contributed by atoms with van der Waals surface area (Å²) < 4.78 is 22.0. The SMILES string of the molecule is CCOC(=O)C1CCN(C(=O)c2coc(CN(Cc3ccc(C(C)C)cc3)Cc3ccc4c(c3)OCO4)n2)CC1. The highest BCUT2D eigenvalue weighted by Gasteiger charge is 2.30. The molecule has 2 aliphatic rings. The minimum absolute atomic E-state index is 0.156. The van der Waals surface area contributed by atoms with Crippen LogP contribution in [0.15, 0.2) is 53.1 Å². The Morgan fingerprint density at radius 3 is 2.42 bits per heavy atom. The molecule has 5 rings (SSSR count). The van der Waals surface area contributed by atoms with Gasteiger partial charge in [0.15, 0.2) is 17.2 Å². The van der Waals surface area contributed by atoms with Crippen molar-refractivity contribution in [2.24, 2.45) is 5.92 Å². The third-order valence-corrected chi connectivity index (χ3v) is 7.43. The fourth-order valence-electron chi connectivity index (χ4n) is 5.14. The highest BCUT2D eigenvalue weighted by molar-refractivity contribution is 5.92. The number of hydrogen-bond acceptors (Lipinski definition) is 8. The number of amides is 1. The summed E-state index contributed by atoms with van der Waals surface area (Å²) in [4.78, 5) is 33.7. The van der Waals surface area contributed by atoms with E-state index < -0.39 is 0 Å². The zero-order valence-corrected chi connectivity index (χ0v) is 23.4. The molecule has 1 aromatic heterocycles. The summed E-state index contributed by atoms with van der Waals surface area (Å²) in [5.41, 5.74) is 3.84. The topological polar surface area (TPSA) is 94.3 Å². The van der Waals surface area contributed by atoms with Crippen molar-refractivity contribution in [1.82, 2.24) is 14.8 Å². The predicted molar refractivity (Wildman–Crippen MR) is 148 cm³/mol. The summed E-state index contributed by atoms with van der Waals surface area (Å²) in [5.74, 6) is 1.93. The lowest BCUT2D eigenvalue weighted by atomic mass is 9.97. The maximum absolute atomic E-state index is 13.1. The number of piperidine rings is 1. The van der Waals surface area contributed by atoms with Gasteiger partial charge in [0.25, 0.3) is 5.91 Å². The quantitative estimate of drug-likeness (QED) is 0.322. The lowest BCUT2D eigenvalue weighted by Gasteiger charge is -2.30. The fourth-order valence-corrected chi connectivity index (χ4v) is 5.14. The Morgan fingerprint density at radius 1 is 1.00 bits per heavy atom. The number of carbonyl (C=O) groups is 2. The van der Waals surface area contributed by atoms with Crippen LogP contribution in [0.2, 0.25) is 0 Å². The van der Waals surface area contributed by atoms with E-state index in [1.807, 2.05) is 18.2 Å². The monoisotopic (exact) mass is 547 g/mol. The van der Waals surface area contributed by atoms with E-state index in [2.05, 4.69) is 48.0 Å². The molecule has 0 bridgehead atoms. The van der Waals surface area contributed by atoms with Crippen molar-refractivity contribution in [2.45, 2.75) is 59.2 Å². The molecule has 1 amide bonds. The van der Waals surface area contributed by atoms with Gasteiger partial charge >= 0.3 is 5.97 Å². The summed E-state index contributed by atoms with van der Waals surface area (Å²) in [6.45, 7) is 9.51. The first-order chi connectivity index (χ1) is 19.4. The molecule has 2 aromatic carbocycles. The van der Waals surface area contributed by atoms with Crippen molar-refractivity contribution in [3.63, 3.8) is 0 Å². The third-order valence-electron chi connectivity index (χ3n) is 7.43. The van der Waals surface area contributed by atoms with Crippen LogP contribution >= 0.6 is 0 Å². The standard InChI is InChI=1S/C31H37N3O6/c1-4-37-31(36)25-11-13-34(14-12-25)30(35)26-19-38-29(32-26)18-33(16-22-5-8-24(9-6-22)21(2)3)17-23-7-10-27-28(15-23)40-20-39-27/h5-10,15,19,21,25H,4,11-14,16-18,20H2,1-3H3. The number of oxazole rings is 1.